The molecule has 0 saturated heterocycles. The van der Waals surface area contributed by atoms with Crippen molar-refractivity contribution >= 4 is 20.0 Å². The third-order valence-electron chi connectivity index (χ3n) is 6.91. The molecular weight excluding hydrogens is 394 g/mol. The van der Waals surface area contributed by atoms with E-state index in [9.17, 15) is 4.79 Å². The van der Waals surface area contributed by atoms with Crippen molar-refractivity contribution in [1.29, 1.82) is 0 Å². The lowest BCUT2D eigenvalue weighted by atomic mass is 9.82. The molecular formula is C22H33N5O2Si. The van der Waals surface area contributed by atoms with Crippen LogP contribution in [0.2, 0.25) is 18.1 Å². The van der Waals surface area contributed by atoms with E-state index >= 15 is 0 Å². The van der Waals surface area contributed by atoms with Gasteiger partial charge in [0.2, 0.25) is 5.91 Å². The van der Waals surface area contributed by atoms with E-state index in [1.54, 1.807) is 0 Å². The first-order valence-corrected chi connectivity index (χ1v) is 13.9. The van der Waals surface area contributed by atoms with Gasteiger partial charge in [0, 0.05) is 35.9 Å². The van der Waals surface area contributed by atoms with Gasteiger partial charge in [0.25, 0.3) is 0 Å². The van der Waals surface area contributed by atoms with Crippen LogP contribution < -0.4 is 5.32 Å². The predicted molar refractivity (Wildman–Crippen MR) is 120 cm³/mol. The second kappa shape index (κ2) is 7.89. The first-order chi connectivity index (χ1) is 14.1. The lowest BCUT2D eigenvalue weighted by Gasteiger charge is -2.44. The third kappa shape index (κ3) is 4.20. The minimum Gasteiger partial charge on any atom is -0.414 e. The van der Waals surface area contributed by atoms with Crippen molar-refractivity contribution in [3.05, 3.63) is 24.3 Å². The maximum Gasteiger partial charge on any atom is 0.228 e. The van der Waals surface area contributed by atoms with Crippen LogP contribution >= 0.6 is 0 Å². The molecule has 1 aliphatic heterocycles. The lowest BCUT2D eigenvalue weighted by molar-refractivity contribution is -0.125. The average Bonchev–Trinajstić information content (AvgIpc) is 3.07. The molecule has 2 aromatic heterocycles. The number of carbonyl (C=O) groups is 1. The molecule has 0 radical (unpaired) electrons. The first kappa shape index (κ1) is 21.2. The van der Waals surface area contributed by atoms with Gasteiger partial charge in [-0.3, -0.25) is 9.48 Å². The van der Waals surface area contributed by atoms with Crippen LogP contribution in [0, 0.1) is 5.92 Å². The van der Waals surface area contributed by atoms with Crippen molar-refractivity contribution < 1.29 is 9.22 Å². The van der Waals surface area contributed by atoms with Crippen LogP contribution in [0.4, 0.5) is 5.82 Å². The average molecular weight is 428 g/mol. The van der Waals surface area contributed by atoms with Crippen LogP contribution in [0.5, 0.6) is 0 Å². The van der Waals surface area contributed by atoms with Gasteiger partial charge in [0.15, 0.2) is 8.32 Å². The molecule has 0 aromatic carbocycles. The number of aromatic nitrogens is 4. The Labute approximate surface area is 179 Å². The highest BCUT2D eigenvalue weighted by molar-refractivity contribution is 6.74. The molecule has 3 heterocycles. The highest BCUT2D eigenvalue weighted by Crippen LogP contribution is 2.41. The molecule has 2 aromatic rings. The van der Waals surface area contributed by atoms with Gasteiger partial charge in [-0.25, -0.2) is 9.97 Å². The molecule has 1 saturated carbocycles. The molecule has 1 aliphatic carbocycles. The summed E-state index contributed by atoms with van der Waals surface area (Å²) in [5.74, 6) is 0.559. The molecule has 8 heteroatoms. The molecule has 162 valence electrons. The van der Waals surface area contributed by atoms with Crippen molar-refractivity contribution in [2.45, 2.75) is 83.7 Å². The molecule has 0 spiro atoms. The number of nitrogens with one attached hydrogen (secondary N) is 1. The van der Waals surface area contributed by atoms with E-state index in [-0.39, 0.29) is 23.0 Å². The van der Waals surface area contributed by atoms with Gasteiger partial charge >= 0.3 is 0 Å². The second-order valence-corrected chi connectivity index (χ2v) is 14.9. The van der Waals surface area contributed by atoms with Crippen LogP contribution in [0.3, 0.4) is 0 Å². The van der Waals surface area contributed by atoms with Gasteiger partial charge in [0.1, 0.15) is 12.1 Å². The van der Waals surface area contributed by atoms with E-state index in [0.717, 1.165) is 37.1 Å². The van der Waals surface area contributed by atoms with E-state index < -0.39 is 8.32 Å². The van der Waals surface area contributed by atoms with Crippen LogP contribution in [-0.2, 0) is 22.2 Å². The largest absolute Gasteiger partial charge is 0.414 e. The van der Waals surface area contributed by atoms with Gasteiger partial charge in [0.05, 0.1) is 11.9 Å². The van der Waals surface area contributed by atoms with Crippen molar-refractivity contribution in [2.24, 2.45) is 5.92 Å². The number of fused-ring (bicyclic) bond motifs is 1. The SMILES string of the molecule is CC(C)(C)[Si](C)(C)O[C@H]1C[C@H](C(=O)Nc2cc(-c3cnn4c3CCCC4)ncn2)C1. The van der Waals surface area contributed by atoms with Gasteiger partial charge in [-0.1, -0.05) is 20.8 Å². The summed E-state index contributed by atoms with van der Waals surface area (Å²) in [5, 5.41) is 7.65. The lowest BCUT2D eigenvalue weighted by Crippen LogP contribution is -2.49. The fourth-order valence-electron chi connectivity index (χ4n) is 3.91. The fourth-order valence-corrected chi connectivity index (χ4v) is 5.29. The third-order valence-corrected chi connectivity index (χ3v) is 11.4. The monoisotopic (exact) mass is 427 g/mol. The molecule has 0 unspecified atom stereocenters. The topological polar surface area (TPSA) is 81.9 Å². The Hall–Kier alpha value is -2.06. The first-order valence-electron chi connectivity index (χ1n) is 11.0. The summed E-state index contributed by atoms with van der Waals surface area (Å²) in [5.41, 5.74) is 3.08. The number of aryl methyl sites for hydroxylation is 1. The van der Waals surface area contributed by atoms with Crippen molar-refractivity contribution in [3.8, 4) is 11.3 Å². The molecule has 1 fully saturated rings. The quantitative estimate of drug-likeness (QED) is 0.715. The molecule has 4 rings (SSSR count). The minimum atomic E-state index is -1.79. The van der Waals surface area contributed by atoms with Crippen LogP contribution in [0.1, 0.15) is 52.1 Å². The number of rotatable bonds is 5. The number of hydrogen-bond acceptors (Lipinski definition) is 5. The summed E-state index contributed by atoms with van der Waals surface area (Å²) in [6.07, 6.45) is 8.51. The summed E-state index contributed by atoms with van der Waals surface area (Å²) in [6, 6.07) is 1.85. The van der Waals surface area contributed by atoms with Gasteiger partial charge < -0.3 is 9.74 Å². The predicted octanol–water partition coefficient (Wildman–Crippen LogP) is 4.42. The zero-order chi connectivity index (χ0) is 21.5. The molecule has 0 atom stereocenters. The van der Waals surface area contributed by atoms with E-state index in [1.165, 1.54) is 24.9 Å². The number of carbonyl (C=O) groups excluding carboxylic acids is 1. The Bertz CT molecular complexity index is 928. The van der Waals surface area contributed by atoms with E-state index in [0.29, 0.717) is 5.82 Å². The standard InChI is InChI=1S/C22H33N5O2Si/c1-22(2,3)30(4,5)29-16-10-15(11-16)21(28)26-20-12-18(23-14-24-20)17-13-25-27-9-7-6-8-19(17)27/h12-16H,6-11H2,1-5H3,(H,23,24,26,28)/t15-,16-. The fraction of sp³-hybridized carbons (Fsp3) is 0.636. The summed E-state index contributed by atoms with van der Waals surface area (Å²) in [6.45, 7) is 12.2. The Kier molecular flexibility index (Phi) is 5.57. The van der Waals surface area contributed by atoms with Gasteiger partial charge in [-0.05, 0) is 50.2 Å². The number of amides is 1. The highest BCUT2D eigenvalue weighted by atomic mass is 28.4. The number of hydrogen-bond donors (Lipinski definition) is 1. The molecule has 30 heavy (non-hydrogen) atoms. The van der Waals surface area contributed by atoms with Gasteiger partial charge in [-0.15, -0.1) is 0 Å². The van der Waals surface area contributed by atoms with Crippen LogP contribution in [0.25, 0.3) is 11.3 Å². The maximum absolute atomic E-state index is 12.7. The molecule has 1 N–H and O–H groups in total. The Morgan fingerprint density at radius 3 is 2.73 bits per heavy atom. The van der Waals surface area contributed by atoms with E-state index in [1.807, 2.05) is 12.3 Å². The van der Waals surface area contributed by atoms with Crippen LogP contribution in [0.15, 0.2) is 18.6 Å². The van der Waals surface area contributed by atoms with E-state index in [4.69, 9.17) is 4.43 Å². The normalized spacial score (nSPS) is 21.6. The smallest absolute Gasteiger partial charge is 0.228 e. The van der Waals surface area contributed by atoms with E-state index in [2.05, 4.69) is 58.9 Å². The Balaban J connectivity index is 1.36. The zero-order valence-electron chi connectivity index (χ0n) is 18.7. The number of nitrogens with zero attached hydrogens (tertiary/aromatic N) is 4. The summed E-state index contributed by atoms with van der Waals surface area (Å²) in [7, 11) is -1.79. The minimum absolute atomic E-state index is 0.0120. The molecule has 7 nitrogen and oxygen atoms in total. The van der Waals surface area contributed by atoms with Crippen molar-refractivity contribution in [2.75, 3.05) is 5.32 Å². The number of anilines is 1. The maximum atomic E-state index is 12.7. The van der Waals surface area contributed by atoms with Crippen molar-refractivity contribution in [3.63, 3.8) is 0 Å². The highest BCUT2D eigenvalue weighted by Gasteiger charge is 2.44. The molecule has 0 bridgehead atoms. The van der Waals surface area contributed by atoms with Crippen molar-refractivity contribution in [1.82, 2.24) is 19.7 Å². The summed E-state index contributed by atoms with van der Waals surface area (Å²) < 4.78 is 8.48. The Morgan fingerprint density at radius 2 is 2.00 bits per heavy atom. The second-order valence-electron chi connectivity index (χ2n) is 10.1. The zero-order valence-corrected chi connectivity index (χ0v) is 19.7. The Morgan fingerprint density at radius 1 is 1.23 bits per heavy atom. The molecule has 2 aliphatic rings. The summed E-state index contributed by atoms with van der Waals surface area (Å²) >= 11 is 0. The molecule has 1 amide bonds. The summed E-state index contributed by atoms with van der Waals surface area (Å²) in [4.78, 5) is 21.4. The van der Waals surface area contributed by atoms with Crippen LogP contribution in [-0.4, -0.2) is 40.1 Å². The van der Waals surface area contributed by atoms with Gasteiger partial charge in [-0.2, -0.15) is 5.10 Å².